The number of esters is 1. The zero-order chi connectivity index (χ0) is 14.3. The van der Waals surface area contributed by atoms with Crippen molar-refractivity contribution in [2.75, 3.05) is 0 Å². The molecule has 1 aliphatic carbocycles. The molecule has 0 radical (unpaired) electrons. The summed E-state index contributed by atoms with van der Waals surface area (Å²) in [6.45, 7) is 1.35. The quantitative estimate of drug-likeness (QED) is 0.606. The molecular formula is C15H13NO4. The summed E-state index contributed by atoms with van der Waals surface area (Å²) in [4.78, 5) is 36.1. The van der Waals surface area contributed by atoms with E-state index in [0.717, 1.165) is 11.1 Å². The van der Waals surface area contributed by atoms with E-state index in [1.807, 2.05) is 24.3 Å². The SMILES string of the molecule is CC(=O)O[C@H]1C[C@H](N2C(=O)C=CC2=O)c2ccccc21. The molecule has 1 aliphatic heterocycles. The first-order valence-corrected chi connectivity index (χ1v) is 6.39. The molecule has 0 aromatic heterocycles. The van der Waals surface area contributed by atoms with Crippen molar-refractivity contribution >= 4 is 17.8 Å². The van der Waals surface area contributed by atoms with Crippen molar-refractivity contribution < 1.29 is 19.1 Å². The fraction of sp³-hybridized carbons (Fsp3) is 0.267. The fourth-order valence-corrected chi connectivity index (χ4v) is 2.84. The Morgan fingerprint density at radius 1 is 1.15 bits per heavy atom. The molecule has 0 fully saturated rings. The Labute approximate surface area is 115 Å². The number of hydrogen-bond donors (Lipinski definition) is 0. The van der Waals surface area contributed by atoms with Gasteiger partial charge < -0.3 is 4.74 Å². The molecule has 0 saturated heterocycles. The third-order valence-corrected chi connectivity index (χ3v) is 3.60. The van der Waals surface area contributed by atoms with Crippen LogP contribution in [-0.4, -0.2) is 22.7 Å². The number of hydrogen-bond acceptors (Lipinski definition) is 4. The monoisotopic (exact) mass is 271 g/mol. The van der Waals surface area contributed by atoms with Gasteiger partial charge in [-0.15, -0.1) is 0 Å². The minimum absolute atomic E-state index is 0.321. The van der Waals surface area contributed by atoms with Gasteiger partial charge in [-0.1, -0.05) is 24.3 Å². The van der Waals surface area contributed by atoms with Gasteiger partial charge in [0.05, 0.1) is 6.04 Å². The molecule has 102 valence electrons. The van der Waals surface area contributed by atoms with Crippen molar-refractivity contribution in [2.24, 2.45) is 0 Å². The molecule has 2 atom stereocenters. The first-order valence-electron chi connectivity index (χ1n) is 6.39. The predicted octanol–water partition coefficient (Wildman–Crippen LogP) is 1.66. The molecule has 0 saturated carbocycles. The number of carbonyl (C=O) groups is 3. The van der Waals surface area contributed by atoms with Crippen molar-refractivity contribution in [3.63, 3.8) is 0 Å². The number of carbonyl (C=O) groups excluding carboxylic acids is 3. The lowest BCUT2D eigenvalue weighted by Crippen LogP contribution is -2.33. The van der Waals surface area contributed by atoms with Crippen LogP contribution in [0.3, 0.4) is 0 Å². The van der Waals surface area contributed by atoms with E-state index >= 15 is 0 Å². The van der Waals surface area contributed by atoms with Crippen molar-refractivity contribution in [1.82, 2.24) is 4.90 Å². The zero-order valence-corrected chi connectivity index (χ0v) is 10.9. The molecule has 1 aromatic carbocycles. The van der Waals surface area contributed by atoms with Crippen molar-refractivity contribution in [1.29, 1.82) is 0 Å². The summed E-state index contributed by atoms with van der Waals surface area (Å²) in [6, 6.07) is 7.05. The molecule has 0 spiro atoms. The maximum atomic E-state index is 11.8. The van der Waals surface area contributed by atoms with Gasteiger partial charge in [0.25, 0.3) is 11.8 Å². The van der Waals surface area contributed by atoms with Gasteiger partial charge in [-0.2, -0.15) is 0 Å². The Bertz CT molecular complexity index is 617. The van der Waals surface area contributed by atoms with Gasteiger partial charge in [-0.25, -0.2) is 0 Å². The summed E-state index contributed by atoms with van der Waals surface area (Å²) in [5, 5.41) is 0. The highest BCUT2D eigenvalue weighted by Gasteiger charge is 2.41. The summed E-state index contributed by atoms with van der Waals surface area (Å²) in [5.41, 5.74) is 1.73. The van der Waals surface area contributed by atoms with Crippen LogP contribution >= 0.6 is 0 Å². The van der Waals surface area contributed by atoms with Crippen LogP contribution in [0.25, 0.3) is 0 Å². The maximum absolute atomic E-state index is 11.8. The minimum atomic E-state index is -0.408. The molecule has 0 unspecified atom stereocenters. The van der Waals surface area contributed by atoms with Crippen LogP contribution in [0.15, 0.2) is 36.4 Å². The van der Waals surface area contributed by atoms with Crippen molar-refractivity contribution in [3.05, 3.63) is 47.5 Å². The number of fused-ring (bicyclic) bond motifs is 1. The second kappa shape index (κ2) is 4.59. The van der Waals surface area contributed by atoms with Gasteiger partial charge in [-0.05, 0) is 11.1 Å². The van der Waals surface area contributed by atoms with Crippen LogP contribution in [-0.2, 0) is 19.1 Å². The van der Waals surface area contributed by atoms with Gasteiger partial charge in [-0.3, -0.25) is 19.3 Å². The summed E-state index contributed by atoms with van der Waals surface area (Å²) in [7, 11) is 0. The number of rotatable bonds is 2. The van der Waals surface area contributed by atoms with Gasteiger partial charge in [0.2, 0.25) is 0 Å². The van der Waals surface area contributed by atoms with E-state index in [4.69, 9.17) is 4.74 Å². The Hall–Kier alpha value is -2.43. The first-order chi connectivity index (χ1) is 9.58. The largest absolute Gasteiger partial charge is 0.458 e. The fourth-order valence-electron chi connectivity index (χ4n) is 2.84. The van der Waals surface area contributed by atoms with E-state index in [-0.39, 0.29) is 23.8 Å². The van der Waals surface area contributed by atoms with Crippen LogP contribution in [0.4, 0.5) is 0 Å². The number of amides is 2. The van der Waals surface area contributed by atoms with Crippen LogP contribution < -0.4 is 0 Å². The van der Waals surface area contributed by atoms with E-state index in [9.17, 15) is 14.4 Å². The summed E-state index contributed by atoms with van der Waals surface area (Å²) in [6.07, 6.45) is 2.54. The number of benzene rings is 1. The standard InChI is InChI=1S/C15H13NO4/c1-9(17)20-13-8-12(10-4-2-3-5-11(10)13)16-14(18)6-7-15(16)19/h2-7,12-13H,8H2,1H3/t12-,13-/m0/s1. The number of imide groups is 1. The average Bonchev–Trinajstić information content (AvgIpc) is 2.91. The van der Waals surface area contributed by atoms with Crippen LogP contribution in [0.1, 0.15) is 36.6 Å². The minimum Gasteiger partial charge on any atom is -0.458 e. The Balaban J connectivity index is 1.97. The van der Waals surface area contributed by atoms with Crippen LogP contribution in [0.5, 0.6) is 0 Å². The summed E-state index contributed by atoms with van der Waals surface area (Å²) < 4.78 is 5.29. The smallest absolute Gasteiger partial charge is 0.303 e. The lowest BCUT2D eigenvalue weighted by molar-refractivity contribution is -0.147. The third-order valence-electron chi connectivity index (χ3n) is 3.60. The maximum Gasteiger partial charge on any atom is 0.303 e. The molecule has 5 heteroatoms. The highest BCUT2D eigenvalue weighted by atomic mass is 16.5. The van der Waals surface area contributed by atoms with E-state index in [0.29, 0.717) is 6.42 Å². The highest BCUT2D eigenvalue weighted by molar-refractivity contribution is 6.13. The highest BCUT2D eigenvalue weighted by Crippen LogP contribution is 2.44. The molecule has 2 aliphatic rings. The molecule has 5 nitrogen and oxygen atoms in total. The topological polar surface area (TPSA) is 63.7 Å². The summed E-state index contributed by atoms with van der Waals surface area (Å²) in [5.74, 6) is -1.01. The molecule has 1 aromatic rings. The van der Waals surface area contributed by atoms with Gasteiger partial charge in [0.1, 0.15) is 6.10 Å². The van der Waals surface area contributed by atoms with E-state index in [1.165, 1.54) is 24.0 Å². The van der Waals surface area contributed by atoms with Gasteiger partial charge in [0.15, 0.2) is 0 Å². The molecule has 0 N–H and O–H groups in total. The first kappa shape index (κ1) is 12.6. The van der Waals surface area contributed by atoms with E-state index < -0.39 is 6.10 Å². The Morgan fingerprint density at radius 3 is 2.35 bits per heavy atom. The molecule has 0 bridgehead atoms. The zero-order valence-electron chi connectivity index (χ0n) is 10.9. The molecule has 3 rings (SSSR count). The lowest BCUT2D eigenvalue weighted by Gasteiger charge is -2.22. The van der Waals surface area contributed by atoms with Crippen LogP contribution in [0.2, 0.25) is 0 Å². The average molecular weight is 271 g/mol. The Kier molecular flexibility index (Phi) is 2.89. The Morgan fingerprint density at radius 2 is 1.75 bits per heavy atom. The second-order valence-corrected chi connectivity index (χ2v) is 4.86. The van der Waals surface area contributed by atoms with Crippen molar-refractivity contribution in [3.8, 4) is 0 Å². The van der Waals surface area contributed by atoms with Crippen molar-refractivity contribution in [2.45, 2.75) is 25.5 Å². The molecule has 1 heterocycles. The molecular weight excluding hydrogens is 258 g/mol. The second-order valence-electron chi connectivity index (χ2n) is 4.86. The van der Waals surface area contributed by atoms with Gasteiger partial charge >= 0.3 is 5.97 Å². The normalized spacial score (nSPS) is 24.1. The van der Waals surface area contributed by atoms with E-state index in [2.05, 4.69) is 0 Å². The van der Waals surface area contributed by atoms with E-state index in [1.54, 1.807) is 0 Å². The lowest BCUT2D eigenvalue weighted by atomic mass is 10.1. The molecule has 20 heavy (non-hydrogen) atoms. The third kappa shape index (κ3) is 1.91. The van der Waals surface area contributed by atoms with Gasteiger partial charge in [0, 0.05) is 25.5 Å². The number of nitrogens with zero attached hydrogens (tertiary/aromatic N) is 1. The predicted molar refractivity (Wildman–Crippen MR) is 69.3 cm³/mol. The molecule has 2 amide bonds. The number of ether oxygens (including phenoxy) is 1. The summed E-state index contributed by atoms with van der Waals surface area (Å²) >= 11 is 0. The van der Waals surface area contributed by atoms with Crippen LogP contribution in [0, 0.1) is 0 Å².